The first-order chi connectivity index (χ1) is 7.13. The lowest BCUT2D eigenvalue weighted by molar-refractivity contribution is 0.404. The van der Waals surface area contributed by atoms with Gasteiger partial charge in [-0.2, -0.15) is 0 Å². The number of aryl methyl sites for hydroxylation is 2. The molecule has 0 fully saturated rings. The Morgan fingerprint density at radius 3 is 2.27 bits per heavy atom. The fourth-order valence-corrected chi connectivity index (χ4v) is 3.02. The van der Waals surface area contributed by atoms with Crippen molar-refractivity contribution >= 4 is 11.3 Å². The molecule has 86 valence electrons. The molecular formula is C12H22N2S. The summed E-state index contributed by atoms with van der Waals surface area (Å²) in [4.78, 5) is 5.97. The zero-order valence-electron chi connectivity index (χ0n) is 10.2. The molecule has 1 atom stereocenters. The summed E-state index contributed by atoms with van der Waals surface area (Å²) < 4.78 is 0. The van der Waals surface area contributed by atoms with Crippen LogP contribution in [0.5, 0.6) is 0 Å². The van der Waals surface area contributed by atoms with Crippen LogP contribution in [0, 0.1) is 12.8 Å². The minimum atomic E-state index is 0.129. The molecule has 1 rings (SSSR count). The maximum atomic E-state index is 6.25. The van der Waals surface area contributed by atoms with Crippen molar-refractivity contribution in [3.63, 3.8) is 0 Å². The Bertz CT molecular complexity index is 303. The summed E-state index contributed by atoms with van der Waals surface area (Å²) in [6, 6.07) is 0.129. The van der Waals surface area contributed by atoms with E-state index < -0.39 is 0 Å². The molecule has 0 spiro atoms. The molecule has 0 aliphatic rings. The average Bonchev–Trinajstić information content (AvgIpc) is 2.61. The smallest absolute Gasteiger partial charge is 0.110 e. The van der Waals surface area contributed by atoms with E-state index in [4.69, 9.17) is 5.73 Å². The number of nitrogens with zero attached hydrogens (tertiary/aromatic N) is 1. The topological polar surface area (TPSA) is 38.9 Å². The molecular weight excluding hydrogens is 204 g/mol. The van der Waals surface area contributed by atoms with Crippen molar-refractivity contribution < 1.29 is 0 Å². The number of hydrogen-bond acceptors (Lipinski definition) is 3. The van der Waals surface area contributed by atoms with Crippen LogP contribution in [0.3, 0.4) is 0 Å². The Balaban J connectivity index is 2.85. The number of rotatable bonds is 5. The van der Waals surface area contributed by atoms with Crippen LogP contribution in [0.4, 0.5) is 0 Å². The highest BCUT2D eigenvalue weighted by Gasteiger charge is 2.20. The maximum Gasteiger partial charge on any atom is 0.110 e. The Morgan fingerprint density at radius 1 is 1.27 bits per heavy atom. The second kappa shape index (κ2) is 5.61. The summed E-state index contributed by atoms with van der Waals surface area (Å²) in [5.41, 5.74) is 7.46. The van der Waals surface area contributed by atoms with E-state index in [-0.39, 0.29) is 6.04 Å². The first-order valence-electron chi connectivity index (χ1n) is 5.85. The molecule has 2 N–H and O–H groups in total. The van der Waals surface area contributed by atoms with E-state index in [1.807, 2.05) is 0 Å². The zero-order valence-corrected chi connectivity index (χ0v) is 11.0. The summed E-state index contributed by atoms with van der Waals surface area (Å²) in [5.74, 6) is 0.570. The summed E-state index contributed by atoms with van der Waals surface area (Å²) >= 11 is 1.77. The van der Waals surface area contributed by atoms with E-state index in [9.17, 15) is 0 Å². The van der Waals surface area contributed by atoms with Crippen LogP contribution >= 0.6 is 11.3 Å². The molecule has 2 nitrogen and oxygen atoms in total. The summed E-state index contributed by atoms with van der Waals surface area (Å²) in [6.07, 6.45) is 3.29. The number of nitrogens with two attached hydrogens (primary N) is 1. The molecule has 1 aromatic rings. The Labute approximate surface area is 96.9 Å². The SMILES string of the molecule is CCc1nc(C(N)C(CC)CC)sc1C. The molecule has 0 amide bonds. The van der Waals surface area contributed by atoms with Gasteiger partial charge in [0.25, 0.3) is 0 Å². The van der Waals surface area contributed by atoms with Crippen molar-refractivity contribution in [3.8, 4) is 0 Å². The molecule has 0 saturated heterocycles. The predicted octanol–water partition coefficient (Wildman–Crippen LogP) is 3.45. The largest absolute Gasteiger partial charge is 0.322 e. The third-order valence-corrected chi connectivity index (χ3v) is 4.20. The molecule has 0 saturated carbocycles. The van der Waals surface area contributed by atoms with Gasteiger partial charge in [0, 0.05) is 4.88 Å². The second-order valence-corrected chi connectivity index (χ2v) is 5.25. The molecule has 1 heterocycles. The van der Waals surface area contributed by atoms with E-state index in [2.05, 4.69) is 32.7 Å². The fraction of sp³-hybridized carbons (Fsp3) is 0.750. The van der Waals surface area contributed by atoms with E-state index in [0.717, 1.165) is 24.3 Å². The molecule has 15 heavy (non-hydrogen) atoms. The van der Waals surface area contributed by atoms with Gasteiger partial charge in [0.1, 0.15) is 5.01 Å². The number of thiazole rings is 1. The quantitative estimate of drug-likeness (QED) is 0.835. The highest BCUT2D eigenvalue weighted by atomic mass is 32.1. The molecule has 0 bridgehead atoms. The van der Waals surface area contributed by atoms with Gasteiger partial charge >= 0.3 is 0 Å². The minimum Gasteiger partial charge on any atom is -0.322 e. The van der Waals surface area contributed by atoms with Crippen molar-refractivity contribution in [1.29, 1.82) is 0 Å². The van der Waals surface area contributed by atoms with Gasteiger partial charge in [0.15, 0.2) is 0 Å². The third kappa shape index (κ3) is 2.79. The van der Waals surface area contributed by atoms with Gasteiger partial charge in [-0.3, -0.25) is 0 Å². The molecule has 0 aliphatic heterocycles. The first-order valence-corrected chi connectivity index (χ1v) is 6.67. The average molecular weight is 226 g/mol. The van der Waals surface area contributed by atoms with Gasteiger partial charge in [-0.15, -0.1) is 11.3 Å². The van der Waals surface area contributed by atoms with Crippen molar-refractivity contribution in [2.24, 2.45) is 11.7 Å². The monoisotopic (exact) mass is 226 g/mol. The van der Waals surface area contributed by atoms with Gasteiger partial charge in [0.05, 0.1) is 11.7 Å². The lowest BCUT2D eigenvalue weighted by atomic mass is 9.95. The van der Waals surface area contributed by atoms with Crippen LogP contribution in [0.15, 0.2) is 0 Å². The maximum absolute atomic E-state index is 6.25. The molecule has 0 aromatic carbocycles. The summed E-state index contributed by atoms with van der Waals surface area (Å²) in [6.45, 7) is 8.69. The Morgan fingerprint density at radius 2 is 1.87 bits per heavy atom. The van der Waals surface area contributed by atoms with Crippen LogP contribution < -0.4 is 5.73 Å². The van der Waals surface area contributed by atoms with Gasteiger partial charge in [0.2, 0.25) is 0 Å². The van der Waals surface area contributed by atoms with E-state index in [1.54, 1.807) is 11.3 Å². The van der Waals surface area contributed by atoms with Crippen molar-refractivity contribution in [2.75, 3.05) is 0 Å². The highest BCUT2D eigenvalue weighted by molar-refractivity contribution is 7.11. The predicted molar refractivity (Wildman–Crippen MR) is 67.2 cm³/mol. The van der Waals surface area contributed by atoms with E-state index in [0.29, 0.717) is 5.92 Å². The number of hydrogen-bond donors (Lipinski definition) is 1. The van der Waals surface area contributed by atoms with Crippen LogP contribution in [0.1, 0.15) is 55.2 Å². The lowest BCUT2D eigenvalue weighted by Crippen LogP contribution is -2.20. The Hall–Kier alpha value is -0.410. The highest BCUT2D eigenvalue weighted by Crippen LogP contribution is 2.29. The van der Waals surface area contributed by atoms with Crippen LogP contribution in [0.2, 0.25) is 0 Å². The molecule has 0 radical (unpaired) electrons. The van der Waals surface area contributed by atoms with Crippen molar-refractivity contribution in [3.05, 3.63) is 15.6 Å². The van der Waals surface area contributed by atoms with Gasteiger partial charge < -0.3 is 5.73 Å². The molecule has 3 heteroatoms. The standard InChI is InChI=1S/C12H22N2S/c1-5-9(6-2)11(13)12-14-10(7-3)8(4)15-12/h9,11H,5-7,13H2,1-4H3. The van der Waals surface area contributed by atoms with Gasteiger partial charge in [-0.05, 0) is 19.3 Å². The zero-order chi connectivity index (χ0) is 11.4. The second-order valence-electron chi connectivity index (χ2n) is 4.01. The van der Waals surface area contributed by atoms with Crippen LogP contribution in [-0.4, -0.2) is 4.98 Å². The molecule has 0 aliphatic carbocycles. The Kier molecular flexibility index (Phi) is 4.74. The van der Waals surface area contributed by atoms with E-state index >= 15 is 0 Å². The van der Waals surface area contributed by atoms with Gasteiger partial charge in [-0.1, -0.05) is 33.6 Å². The van der Waals surface area contributed by atoms with Crippen molar-refractivity contribution in [2.45, 2.75) is 53.0 Å². The normalized spacial score (nSPS) is 13.5. The molecule has 1 aromatic heterocycles. The first kappa shape index (κ1) is 12.7. The van der Waals surface area contributed by atoms with Crippen LogP contribution in [-0.2, 0) is 6.42 Å². The minimum absolute atomic E-state index is 0.129. The third-order valence-electron chi connectivity index (χ3n) is 3.09. The van der Waals surface area contributed by atoms with Gasteiger partial charge in [-0.25, -0.2) is 4.98 Å². The van der Waals surface area contributed by atoms with E-state index in [1.165, 1.54) is 10.6 Å². The molecule has 1 unspecified atom stereocenters. The summed E-state index contributed by atoms with van der Waals surface area (Å²) in [7, 11) is 0. The summed E-state index contributed by atoms with van der Waals surface area (Å²) in [5, 5.41) is 1.12. The fourth-order valence-electron chi connectivity index (χ4n) is 1.92. The van der Waals surface area contributed by atoms with Crippen molar-refractivity contribution in [1.82, 2.24) is 4.98 Å². The lowest BCUT2D eigenvalue weighted by Gasteiger charge is -2.18. The number of aromatic nitrogens is 1. The van der Waals surface area contributed by atoms with Crippen LogP contribution in [0.25, 0.3) is 0 Å².